The highest BCUT2D eigenvalue weighted by molar-refractivity contribution is 6.00. The van der Waals surface area contributed by atoms with Crippen molar-refractivity contribution < 1.29 is 18.0 Å². The molecule has 5 heteroatoms. The number of ketones is 1. The monoisotopic (exact) mass is 224 g/mol. The maximum absolute atomic E-state index is 12.2. The lowest BCUT2D eigenvalue weighted by molar-refractivity contribution is 0.0675. The summed E-state index contributed by atoms with van der Waals surface area (Å²) in [5, 5.41) is 0.119. The molecule has 1 aromatic carbocycles. The number of hydrogen-bond acceptors (Lipinski definition) is 3. The predicted molar refractivity (Wildman–Crippen MR) is 52.8 cm³/mol. The summed E-state index contributed by atoms with van der Waals surface area (Å²) in [5.41, 5.74) is -1.08. The first-order valence-corrected chi connectivity index (χ1v) is 4.44. The van der Waals surface area contributed by atoms with Crippen molar-refractivity contribution in [1.82, 2.24) is 0 Å². The average Bonchev–Trinajstić information content (AvgIpc) is 2.29. The Morgan fingerprint density at radius 3 is 2.62 bits per heavy atom. The van der Waals surface area contributed by atoms with E-state index in [1.165, 1.54) is 12.1 Å². The van der Waals surface area contributed by atoms with Crippen LogP contribution in [0.5, 0.6) is 0 Å². The molecule has 0 radical (unpaired) electrons. The molecule has 0 unspecified atom stereocenters. The number of carbonyl (C=O) groups is 1. The number of benzene rings is 1. The lowest BCUT2D eigenvalue weighted by Crippen LogP contribution is -2.20. The largest absolute Gasteiger partial charge is 0.463 e. The quantitative estimate of drug-likeness (QED) is 0.735. The van der Waals surface area contributed by atoms with E-state index >= 15 is 0 Å². The Morgan fingerprint density at radius 1 is 1.25 bits per heavy atom. The fourth-order valence-electron chi connectivity index (χ4n) is 1.37. The Labute approximate surface area is 88.3 Å². The second-order valence-electron chi connectivity index (χ2n) is 3.14. The zero-order valence-corrected chi connectivity index (χ0v) is 7.94. The van der Waals surface area contributed by atoms with Gasteiger partial charge in [0.25, 0.3) is 0 Å². The van der Waals surface area contributed by atoms with Crippen molar-refractivity contribution in [2.45, 2.75) is 6.43 Å². The summed E-state index contributed by atoms with van der Waals surface area (Å²) in [6.45, 7) is 0. The smallest absolute Gasteiger partial charge is 0.300 e. The van der Waals surface area contributed by atoms with Crippen LogP contribution in [-0.2, 0) is 0 Å². The van der Waals surface area contributed by atoms with Crippen LogP contribution >= 0.6 is 0 Å². The van der Waals surface area contributed by atoms with Crippen molar-refractivity contribution >= 4 is 16.8 Å². The molecule has 0 spiro atoms. The molecule has 0 aliphatic heterocycles. The van der Waals surface area contributed by atoms with Crippen LogP contribution in [0, 0.1) is 0 Å². The molecule has 0 aliphatic carbocycles. The molecule has 0 bridgehead atoms. The van der Waals surface area contributed by atoms with Crippen LogP contribution in [0.4, 0.5) is 8.78 Å². The first-order chi connectivity index (χ1) is 7.61. The van der Waals surface area contributed by atoms with Crippen LogP contribution in [0.2, 0.25) is 0 Å². The highest BCUT2D eigenvalue weighted by atomic mass is 19.3. The van der Waals surface area contributed by atoms with Crippen molar-refractivity contribution in [3.8, 4) is 0 Å². The van der Waals surface area contributed by atoms with Gasteiger partial charge in [0.05, 0.1) is 5.39 Å². The molecule has 16 heavy (non-hydrogen) atoms. The number of carbonyl (C=O) groups excluding carboxylic acids is 1. The predicted octanol–water partition coefficient (Wildman–Crippen LogP) is 2.24. The zero-order chi connectivity index (χ0) is 11.7. The molecule has 82 valence electrons. The van der Waals surface area contributed by atoms with E-state index in [9.17, 15) is 18.4 Å². The van der Waals surface area contributed by atoms with Crippen LogP contribution in [0.15, 0.2) is 39.7 Å². The molecule has 2 aromatic rings. The van der Waals surface area contributed by atoms with Crippen LogP contribution in [-0.4, -0.2) is 12.2 Å². The molecule has 3 nitrogen and oxygen atoms in total. The summed E-state index contributed by atoms with van der Waals surface area (Å²) in [6, 6.07) is 6.15. The minimum absolute atomic E-state index is 0.119. The second-order valence-corrected chi connectivity index (χ2v) is 3.14. The van der Waals surface area contributed by atoms with Crippen LogP contribution in [0.3, 0.4) is 0 Å². The number of Topliss-reactive ketones (excluding diaryl/α,β-unsaturated/α-hetero) is 1. The van der Waals surface area contributed by atoms with E-state index in [-0.39, 0.29) is 11.0 Å². The Bertz CT molecular complexity index is 601. The number of fused-ring (bicyclic) bond motifs is 1. The van der Waals surface area contributed by atoms with Gasteiger partial charge < -0.3 is 4.42 Å². The Morgan fingerprint density at radius 2 is 1.94 bits per heavy atom. The molecular formula is C11H6F2O3. The molecule has 1 aromatic heterocycles. The van der Waals surface area contributed by atoms with E-state index in [0.717, 1.165) is 6.26 Å². The van der Waals surface area contributed by atoms with Crippen molar-refractivity contribution in [3.05, 3.63) is 46.3 Å². The minimum Gasteiger partial charge on any atom is -0.463 e. The van der Waals surface area contributed by atoms with E-state index in [1.807, 2.05) is 0 Å². The summed E-state index contributed by atoms with van der Waals surface area (Å²) in [5.74, 6) is -1.51. The van der Waals surface area contributed by atoms with Crippen LogP contribution in [0.1, 0.15) is 10.4 Å². The molecule has 0 N–H and O–H groups in total. The van der Waals surface area contributed by atoms with Gasteiger partial charge in [-0.1, -0.05) is 12.1 Å². The highest BCUT2D eigenvalue weighted by Crippen LogP contribution is 2.12. The summed E-state index contributed by atoms with van der Waals surface area (Å²) < 4.78 is 29.3. The van der Waals surface area contributed by atoms with Gasteiger partial charge in [-0.3, -0.25) is 9.59 Å². The number of rotatable bonds is 2. The first-order valence-electron chi connectivity index (χ1n) is 4.44. The molecule has 2 rings (SSSR count). The molecular weight excluding hydrogens is 218 g/mol. The van der Waals surface area contributed by atoms with Crippen LogP contribution < -0.4 is 5.43 Å². The van der Waals surface area contributed by atoms with Crippen molar-refractivity contribution in [3.63, 3.8) is 0 Å². The lowest BCUT2D eigenvalue weighted by atomic mass is 10.1. The van der Waals surface area contributed by atoms with Crippen molar-refractivity contribution in [2.24, 2.45) is 0 Å². The van der Waals surface area contributed by atoms with Gasteiger partial charge in [-0.15, -0.1) is 0 Å². The Balaban J connectivity index is 2.71. The highest BCUT2D eigenvalue weighted by Gasteiger charge is 2.22. The maximum atomic E-state index is 12.2. The fourth-order valence-corrected chi connectivity index (χ4v) is 1.37. The zero-order valence-electron chi connectivity index (χ0n) is 7.94. The summed E-state index contributed by atoms with van der Waals surface area (Å²) in [6.07, 6.45) is -2.43. The number of para-hydroxylation sites is 1. The topological polar surface area (TPSA) is 47.3 Å². The number of halogens is 2. The van der Waals surface area contributed by atoms with E-state index < -0.39 is 23.2 Å². The third-order valence-electron chi connectivity index (χ3n) is 2.14. The minimum atomic E-state index is -3.20. The third kappa shape index (κ3) is 1.60. The summed E-state index contributed by atoms with van der Waals surface area (Å²) >= 11 is 0. The van der Waals surface area contributed by atoms with E-state index in [2.05, 4.69) is 0 Å². The number of hydrogen-bond donors (Lipinski definition) is 0. The Kier molecular flexibility index (Phi) is 2.52. The van der Waals surface area contributed by atoms with E-state index in [1.54, 1.807) is 12.1 Å². The molecule has 0 saturated carbocycles. The summed E-state index contributed by atoms with van der Waals surface area (Å²) in [4.78, 5) is 22.7. The standard InChI is InChI=1S/C11H6F2O3/c12-11(13)10(15)7-5-16-8-4-2-1-3-6(8)9(7)14/h1-5,11H. The molecule has 1 heterocycles. The van der Waals surface area contributed by atoms with Gasteiger partial charge in [-0.2, -0.15) is 0 Å². The van der Waals surface area contributed by atoms with Crippen LogP contribution in [0.25, 0.3) is 11.0 Å². The van der Waals surface area contributed by atoms with Crippen molar-refractivity contribution in [2.75, 3.05) is 0 Å². The Hall–Kier alpha value is -2.04. The maximum Gasteiger partial charge on any atom is 0.300 e. The lowest BCUT2D eigenvalue weighted by Gasteiger charge is -2.00. The van der Waals surface area contributed by atoms with Crippen molar-refractivity contribution in [1.29, 1.82) is 0 Å². The molecule has 0 aliphatic rings. The van der Waals surface area contributed by atoms with Gasteiger partial charge in [-0.05, 0) is 12.1 Å². The number of alkyl halides is 2. The van der Waals surface area contributed by atoms with Gasteiger partial charge in [-0.25, -0.2) is 8.78 Å². The van der Waals surface area contributed by atoms with E-state index in [4.69, 9.17) is 4.42 Å². The van der Waals surface area contributed by atoms with Gasteiger partial charge in [0.1, 0.15) is 17.4 Å². The molecule has 0 saturated heterocycles. The second kappa shape index (κ2) is 3.84. The van der Waals surface area contributed by atoms with Gasteiger partial charge in [0.2, 0.25) is 11.2 Å². The van der Waals surface area contributed by atoms with Gasteiger partial charge in [0.15, 0.2) is 0 Å². The van der Waals surface area contributed by atoms with Gasteiger partial charge >= 0.3 is 6.43 Å². The van der Waals surface area contributed by atoms with E-state index in [0.29, 0.717) is 0 Å². The normalized spacial score (nSPS) is 10.9. The average molecular weight is 224 g/mol. The SMILES string of the molecule is O=C(c1coc2ccccc2c1=O)C(F)F. The molecule has 0 atom stereocenters. The molecule has 0 fully saturated rings. The summed E-state index contributed by atoms with van der Waals surface area (Å²) in [7, 11) is 0. The van der Waals surface area contributed by atoms with Gasteiger partial charge in [0, 0.05) is 0 Å². The molecule has 0 amide bonds. The first kappa shape index (κ1) is 10.5. The fraction of sp³-hybridized carbons (Fsp3) is 0.0909. The third-order valence-corrected chi connectivity index (χ3v) is 2.14.